The molecule has 0 aliphatic carbocycles. The molecule has 3 aromatic carbocycles. The SMILES string of the molecule is COCCNC(=O)c1cc(OC)ccc1-n1nc(C(F)(F)F)c2c1C(=O)N(c1ccc(-c3ccccc3S(C)(=O)=O)cc1)CC2. The Balaban J connectivity index is 1.58. The summed E-state index contributed by atoms with van der Waals surface area (Å²) in [6.45, 7) is 0.272. The maximum atomic E-state index is 14.2. The van der Waals surface area contributed by atoms with Crippen molar-refractivity contribution in [2.45, 2.75) is 17.5 Å². The smallest absolute Gasteiger partial charge is 0.435 e. The highest BCUT2D eigenvalue weighted by molar-refractivity contribution is 7.90. The van der Waals surface area contributed by atoms with Crippen LogP contribution in [-0.4, -0.2) is 70.2 Å². The lowest BCUT2D eigenvalue weighted by atomic mass is 10.0. The van der Waals surface area contributed by atoms with Crippen molar-refractivity contribution < 1.29 is 40.7 Å². The molecule has 10 nitrogen and oxygen atoms in total. The van der Waals surface area contributed by atoms with Crippen molar-refractivity contribution in [1.82, 2.24) is 15.1 Å². The molecule has 5 rings (SSSR count). The molecule has 0 saturated carbocycles. The van der Waals surface area contributed by atoms with E-state index >= 15 is 0 Å². The molecule has 1 aliphatic rings. The Morgan fingerprint density at radius 1 is 1.04 bits per heavy atom. The summed E-state index contributed by atoms with van der Waals surface area (Å²) in [6.07, 6.45) is -3.90. The van der Waals surface area contributed by atoms with E-state index in [4.69, 9.17) is 9.47 Å². The van der Waals surface area contributed by atoms with Gasteiger partial charge in [0.2, 0.25) is 0 Å². The van der Waals surface area contributed by atoms with Gasteiger partial charge in [-0.15, -0.1) is 0 Å². The minimum absolute atomic E-state index is 0.0413. The fourth-order valence-electron chi connectivity index (χ4n) is 5.23. The number of fused-ring (bicyclic) bond motifs is 1. The van der Waals surface area contributed by atoms with Crippen molar-refractivity contribution in [3.8, 4) is 22.6 Å². The van der Waals surface area contributed by atoms with E-state index in [-0.39, 0.29) is 59.3 Å². The maximum Gasteiger partial charge on any atom is 0.435 e. The average molecular weight is 643 g/mol. The molecule has 236 valence electrons. The summed E-state index contributed by atoms with van der Waals surface area (Å²) in [4.78, 5) is 28.6. The third-order valence-corrected chi connectivity index (χ3v) is 8.48. The Morgan fingerprint density at radius 2 is 1.76 bits per heavy atom. The van der Waals surface area contributed by atoms with Crippen molar-refractivity contribution in [3.63, 3.8) is 0 Å². The summed E-state index contributed by atoms with van der Waals surface area (Å²) in [6, 6.07) is 17.2. The largest absolute Gasteiger partial charge is 0.497 e. The number of amides is 2. The summed E-state index contributed by atoms with van der Waals surface area (Å²) >= 11 is 0. The van der Waals surface area contributed by atoms with Crippen molar-refractivity contribution in [2.24, 2.45) is 0 Å². The van der Waals surface area contributed by atoms with E-state index in [1.165, 1.54) is 43.4 Å². The summed E-state index contributed by atoms with van der Waals surface area (Å²) in [5.41, 5.74) is -0.456. The predicted molar refractivity (Wildman–Crippen MR) is 160 cm³/mol. The summed E-state index contributed by atoms with van der Waals surface area (Å²) < 4.78 is 78.3. The fraction of sp³-hybridized carbons (Fsp3) is 0.258. The van der Waals surface area contributed by atoms with Crippen LogP contribution in [0.25, 0.3) is 16.8 Å². The van der Waals surface area contributed by atoms with Crippen molar-refractivity contribution in [3.05, 3.63) is 89.2 Å². The Morgan fingerprint density at radius 3 is 2.40 bits per heavy atom. The van der Waals surface area contributed by atoms with Gasteiger partial charge in [0, 0.05) is 43.3 Å². The minimum Gasteiger partial charge on any atom is -0.497 e. The first kappa shape index (κ1) is 31.7. The highest BCUT2D eigenvalue weighted by Crippen LogP contribution is 2.38. The van der Waals surface area contributed by atoms with Gasteiger partial charge in [0.25, 0.3) is 11.8 Å². The lowest BCUT2D eigenvalue weighted by molar-refractivity contribution is -0.141. The van der Waals surface area contributed by atoms with E-state index in [1.54, 1.807) is 42.5 Å². The van der Waals surface area contributed by atoms with Gasteiger partial charge in [0.15, 0.2) is 15.5 Å². The molecule has 0 spiro atoms. The van der Waals surface area contributed by atoms with Crippen LogP contribution in [0.3, 0.4) is 0 Å². The first-order chi connectivity index (χ1) is 21.3. The number of alkyl halides is 3. The van der Waals surface area contributed by atoms with Gasteiger partial charge >= 0.3 is 6.18 Å². The monoisotopic (exact) mass is 642 g/mol. The maximum absolute atomic E-state index is 14.2. The number of aromatic nitrogens is 2. The first-order valence-corrected chi connectivity index (χ1v) is 15.6. The van der Waals surface area contributed by atoms with Crippen LogP contribution >= 0.6 is 0 Å². The number of halogens is 3. The van der Waals surface area contributed by atoms with Crippen LogP contribution in [0.15, 0.2) is 71.6 Å². The molecule has 1 aliphatic heterocycles. The Bertz CT molecular complexity index is 1870. The lowest BCUT2D eigenvalue weighted by Crippen LogP contribution is -2.39. The first-order valence-electron chi connectivity index (χ1n) is 13.7. The molecule has 4 aromatic rings. The number of sulfone groups is 1. The number of rotatable bonds is 9. The second-order valence-electron chi connectivity index (χ2n) is 10.2. The zero-order valence-corrected chi connectivity index (χ0v) is 25.3. The molecular weight excluding hydrogens is 613 g/mol. The molecule has 0 unspecified atom stereocenters. The summed E-state index contributed by atoms with van der Waals surface area (Å²) in [5, 5.41) is 6.48. The normalized spacial score (nSPS) is 13.5. The molecule has 1 aromatic heterocycles. The van der Waals surface area contributed by atoms with Gasteiger partial charge in [-0.1, -0.05) is 30.3 Å². The third kappa shape index (κ3) is 6.28. The van der Waals surface area contributed by atoms with E-state index in [0.29, 0.717) is 16.8 Å². The van der Waals surface area contributed by atoms with Gasteiger partial charge in [-0.25, -0.2) is 13.1 Å². The summed E-state index contributed by atoms with van der Waals surface area (Å²) in [5.74, 6) is -1.09. The fourth-order valence-corrected chi connectivity index (χ4v) is 6.14. The van der Waals surface area contributed by atoms with Crippen LogP contribution in [0.4, 0.5) is 18.9 Å². The number of ether oxygens (including phenoxy) is 2. The standard InChI is InChI=1S/C31H29F3N4O6S/c1-43-17-15-35-29(39)24-18-21(44-2)12-13-25(24)38-27-23(28(36-38)31(32,33)34)14-16-37(30(27)40)20-10-8-19(9-11-20)22-6-4-5-7-26(22)45(3,41)42/h4-13,18H,14-17H2,1-3H3,(H,35,39). The van der Waals surface area contributed by atoms with Crippen molar-refractivity contribution in [2.75, 3.05) is 45.1 Å². The van der Waals surface area contributed by atoms with Crippen LogP contribution in [0.2, 0.25) is 0 Å². The molecule has 1 N–H and O–H groups in total. The molecule has 2 heterocycles. The lowest BCUT2D eigenvalue weighted by Gasteiger charge is -2.28. The Hall–Kier alpha value is -4.69. The second-order valence-corrected chi connectivity index (χ2v) is 12.2. The number of nitrogens with zero attached hydrogens (tertiary/aromatic N) is 3. The Kier molecular flexibility index (Phi) is 8.72. The number of carbonyl (C=O) groups excluding carboxylic acids is 2. The van der Waals surface area contributed by atoms with E-state index < -0.39 is 33.5 Å². The quantitative estimate of drug-likeness (QED) is 0.266. The third-order valence-electron chi connectivity index (χ3n) is 7.33. The average Bonchev–Trinajstić information content (AvgIpc) is 3.42. The molecule has 0 saturated heterocycles. The number of benzene rings is 3. The van der Waals surface area contributed by atoms with Gasteiger partial charge in [0.05, 0.1) is 29.9 Å². The summed E-state index contributed by atoms with van der Waals surface area (Å²) in [7, 11) is -0.689. The number of anilines is 1. The highest BCUT2D eigenvalue weighted by Gasteiger charge is 2.43. The van der Waals surface area contributed by atoms with Crippen LogP contribution in [0.5, 0.6) is 5.75 Å². The second kappa shape index (κ2) is 12.4. The molecule has 0 fully saturated rings. The topological polar surface area (TPSA) is 120 Å². The Labute approximate surface area is 257 Å². The number of carbonyl (C=O) groups is 2. The van der Waals surface area contributed by atoms with Gasteiger partial charge in [-0.3, -0.25) is 9.59 Å². The van der Waals surface area contributed by atoms with Gasteiger partial charge in [-0.2, -0.15) is 18.3 Å². The van der Waals surface area contributed by atoms with E-state index in [2.05, 4.69) is 10.4 Å². The number of methoxy groups -OCH3 is 2. The molecule has 0 bridgehead atoms. The van der Waals surface area contributed by atoms with E-state index in [0.717, 1.165) is 10.9 Å². The van der Waals surface area contributed by atoms with Crippen LogP contribution in [0, 0.1) is 0 Å². The number of hydrogen-bond donors (Lipinski definition) is 1. The molecule has 45 heavy (non-hydrogen) atoms. The number of hydrogen-bond acceptors (Lipinski definition) is 7. The predicted octanol–water partition coefficient (Wildman–Crippen LogP) is 4.55. The molecule has 0 radical (unpaired) electrons. The molecular formula is C31H29F3N4O6S. The number of nitrogens with one attached hydrogen (secondary N) is 1. The molecule has 14 heteroatoms. The highest BCUT2D eigenvalue weighted by atomic mass is 32.2. The zero-order valence-electron chi connectivity index (χ0n) is 24.5. The van der Waals surface area contributed by atoms with Crippen LogP contribution in [-0.2, 0) is 27.2 Å². The van der Waals surface area contributed by atoms with Crippen LogP contribution in [0.1, 0.15) is 32.1 Å². The van der Waals surface area contributed by atoms with Crippen LogP contribution < -0.4 is 15.0 Å². The van der Waals surface area contributed by atoms with Gasteiger partial charge in [0.1, 0.15) is 11.4 Å². The zero-order chi connectivity index (χ0) is 32.5. The van der Waals surface area contributed by atoms with E-state index in [9.17, 15) is 31.2 Å². The van der Waals surface area contributed by atoms with Crippen molar-refractivity contribution >= 4 is 27.3 Å². The minimum atomic E-state index is -4.86. The van der Waals surface area contributed by atoms with Gasteiger partial charge in [-0.05, 0) is 48.4 Å². The van der Waals surface area contributed by atoms with E-state index in [1.807, 2.05) is 0 Å². The van der Waals surface area contributed by atoms with Crippen molar-refractivity contribution in [1.29, 1.82) is 0 Å². The molecule has 0 atom stereocenters. The van der Waals surface area contributed by atoms with Gasteiger partial charge < -0.3 is 19.7 Å². The molecule has 2 amide bonds.